The first-order valence-corrected chi connectivity index (χ1v) is 10.0. The highest BCUT2D eigenvalue weighted by Crippen LogP contribution is 2.43. The summed E-state index contributed by atoms with van der Waals surface area (Å²) in [4.78, 5) is 14.0. The summed E-state index contributed by atoms with van der Waals surface area (Å²) in [7, 11) is 0. The number of hydrogen-bond donors (Lipinski definition) is 2. The molecule has 6 rings (SSSR count). The van der Waals surface area contributed by atoms with Gasteiger partial charge in [0.1, 0.15) is 30.1 Å². The topological polar surface area (TPSA) is 66.1 Å². The molecule has 3 aromatic rings. The molecule has 0 bridgehead atoms. The Bertz CT molecular complexity index is 1070. The molecule has 29 heavy (non-hydrogen) atoms. The van der Waals surface area contributed by atoms with E-state index in [9.17, 15) is 8.78 Å². The Morgan fingerprint density at radius 1 is 1.17 bits per heavy atom. The molecule has 4 heterocycles. The van der Waals surface area contributed by atoms with Gasteiger partial charge in [0.2, 0.25) is 0 Å². The monoisotopic (exact) mass is 397 g/mol. The van der Waals surface area contributed by atoms with E-state index in [1.54, 1.807) is 4.90 Å². The maximum atomic E-state index is 13.6. The second kappa shape index (κ2) is 6.13. The fourth-order valence-corrected chi connectivity index (χ4v) is 4.46. The van der Waals surface area contributed by atoms with E-state index in [1.165, 1.54) is 24.9 Å². The standard InChI is InChI=1S/C21H21F2N5O/c22-21(23)9-28(10-21)16-8-29-17-4-2-1-3-13(17)18(16)27-20-14-7-15(12-5-6-12)26-19(14)24-11-25-20/h1-4,7,11-12,16,18H,5-6,8-10H2,(H2,24,25,26,27)/t16-,18-/m0/s1. The SMILES string of the molecule is FC1(F)CN([C@H]2COc3ccccc3[C@@H]2Nc2ncnc3[nH]c(C4CC4)cc23)C1. The van der Waals surface area contributed by atoms with Gasteiger partial charge in [0, 0.05) is 11.3 Å². The van der Waals surface area contributed by atoms with Gasteiger partial charge in [-0.15, -0.1) is 0 Å². The molecule has 0 unspecified atom stereocenters. The van der Waals surface area contributed by atoms with Crippen LogP contribution in [0.3, 0.4) is 0 Å². The Labute approximate surface area is 166 Å². The summed E-state index contributed by atoms with van der Waals surface area (Å²) in [6.45, 7) is -0.119. The smallest absolute Gasteiger partial charge is 0.272 e. The number of halogens is 2. The summed E-state index contributed by atoms with van der Waals surface area (Å²) in [6, 6.07) is 9.49. The maximum absolute atomic E-state index is 13.6. The summed E-state index contributed by atoms with van der Waals surface area (Å²) >= 11 is 0. The van der Waals surface area contributed by atoms with Crippen LogP contribution in [0.15, 0.2) is 36.7 Å². The number of likely N-dealkylation sites (tertiary alicyclic amines) is 1. The van der Waals surface area contributed by atoms with Gasteiger partial charge in [-0.2, -0.15) is 0 Å². The molecule has 1 aliphatic carbocycles. The highest BCUT2D eigenvalue weighted by atomic mass is 19.3. The second-order valence-corrected chi connectivity index (χ2v) is 8.28. The number of nitrogens with zero attached hydrogens (tertiary/aromatic N) is 3. The number of anilines is 1. The van der Waals surface area contributed by atoms with Crippen LogP contribution >= 0.6 is 0 Å². The molecule has 2 N–H and O–H groups in total. The lowest BCUT2D eigenvalue weighted by atomic mass is 9.92. The first-order chi connectivity index (χ1) is 14.1. The predicted octanol–water partition coefficient (Wildman–Crippen LogP) is 3.70. The van der Waals surface area contributed by atoms with Crippen LogP contribution in [0.4, 0.5) is 14.6 Å². The van der Waals surface area contributed by atoms with Crippen LogP contribution in [-0.2, 0) is 0 Å². The van der Waals surface area contributed by atoms with Crippen molar-refractivity contribution in [3.05, 3.63) is 47.9 Å². The zero-order valence-corrected chi connectivity index (χ0v) is 15.7. The van der Waals surface area contributed by atoms with Crippen LogP contribution < -0.4 is 10.1 Å². The van der Waals surface area contributed by atoms with E-state index in [4.69, 9.17) is 4.74 Å². The molecule has 1 saturated carbocycles. The van der Waals surface area contributed by atoms with Gasteiger partial charge >= 0.3 is 0 Å². The Balaban J connectivity index is 1.37. The van der Waals surface area contributed by atoms with Crippen molar-refractivity contribution in [1.29, 1.82) is 0 Å². The van der Waals surface area contributed by atoms with Crippen LogP contribution in [0.2, 0.25) is 0 Å². The van der Waals surface area contributed by atoms with Gasteiger partial charge in [0.05, 0.1) is 30.6 Å². The molecule has 0 radical (unpaired) electrons. The van der Waals surface area contributed by atoms with Crippen molar-refractivity contribution < 1.29 is 13.5 Å². The summed E-state index contributed by atoms with van der Waals surface area (Å²) < 4.78 is 33.0. The first kappa shape index (κ1) is 17.1. The number of fused-ring (bicyclic) bond motifs is 2. The van der Waals surface area contributed by atoms with E-state index in [0.29, 0.717) is 12.5 Å². The third kappa shape index (κ3) is 2.93. The Hall–Kier alpha value is -2.74. The molecular weight excluding hydrogens is 376 g/mol. The molecule has 1 saturated heterocycles. The number of hydrogen-bond acceptors (Lipinski definition) is 5. The number of para-hydroxylation sites is 1. The number of alkyl halides is 2. The number of aromatic nitrogens is 3. The van der Waals surface area contributed by atoms with Gasteiger partial charge in [0.15, 0.2) is 0 Å². The highest BCUT2D eigenvalue weighted by Gasteiger charge is 2.50. The number of H-pyrrole nitrogens is 1. The van der Waals surface area contributed by atoms with Gasteiger partial charge in [-0.3, -0.25) is 4.90 Å². The second-order valence-electron chi connectivity index (χ2n) is 8.28. The number of nitrogens with one attached hydrogen (secondary N) is 2. The molecule has 2 atom stereocenters. The summed E-state index contributed by atoms with van der Waals surface area (Å²) in [5.41, 5.74) is 2.95. The highest BCUT2D eigenvalue weighted by molar-refractivity contribution is 5.88. The third-order valence-corrected chi connectivity index (χ3v) is 6.14. The average molecular weight is 397 g/mol. The summed E-state index contributed by atoms with van der Waals surface area (Å²) in [5, 5.41) is 4.48. The number of benzene rings is 1. The van der Waals surface area contributed by atoms with Crippen LogP contribution in [-0.4, -0.2) is 51.5 Å². The van der Waals surface area contributed by atoms with E-state index in [1.807, 2.05) is 24.3 Å². The fraction of sp³-hybridized carbons (Fsp3) is 0.429. The molecule has 8 heteroatoms. The fourth-order valence-electron chi connectivity index (χ4n) is 4.46. The molecule has 1 aromatic carbocycles. The minimum Gasteiger partial charge on any atom is -0.491 e. The zero-order chi connectivity index (χ0) is 19.6. The van der Waals surface area contributed by atoms with E-state index in [-0.39, 0.29) is 25.2 Å². The van der Waals surface area contributed by atoms with Crippen LogP contribution in [0.1, 0.15) is 36.1 Å². The predicted molar refractivity (Wildman–Crippen MR) is 104 cm³/mol. The lowest BCUT2D eigenvalue weighted by Gasteiger charge is -2.48. The molecule has 2 aromatic heterocycles. The lowest BCUT2D eigenvalue weighted by Crippen LogP contribution is -2.63. The minimum absolute atomic E-state index is 0.198. The van der Waals surface area contributed by atoms with Crippen LogP contribution in [0.25, 0.3) is 11.0 Å². The van der Waals surface area contributed by atoms with Crippen molar-refractivity contribution in [2.75, 3.05) is 25.0 Å². The van der Waals surface area contributed by atoms with Crippen molar-refractivity contribution in [2.24, 2.45) is 0 Å². The van der Waals surface area contributed by atoms with E-state index >= 15 is 0 Å². The lowest BCUT2D eigenvalue weighted by molar-refractivity contribution is -0.153. The van der Waals surface area contributed by atoms with Gasteiger partial charge < -0.3 is 15.0 Å². The molecule has 0 spiro atoms. The number of aromatic amines is 1. The molecule has 6 nitrogen and oxygen atoms in total. The van der Waals surface area contributed by atoms with Gasteiger partial charge in [-0.05, 0) is 30.9 Å². The number of ether oxygens (including phenoxy) is 1. The molecule has 150 valence electrons. The largest absolute Gasteiger partial charge is 0.491 e. The van der Waals surface area contributed by atoms with Gasteiger partial charge in [0.25, 0.3) is 5.92 Å². The summed E-state index contributed by atoms with van der Waals surface area (Å²) in [6.07, 6.45) is 3.93. The molecule has 0 amide bonds. The van der Waals surface area contributed by atoms with Crippen molar-refractivity contribution in [1.82, 2.24) is 19.9 Å². The van der Waals surface area contributed by atoms with E-state index in [2.05, 4.69) is 26.3 Å². The zero-order valence-electron chi connectivity index (χ0n) is 15.7. The van der Waals surface area contributed by atoms with Gasteiger partial charge in [-0.25, -0.2) is 18.7 Å². The molecular formula is C21H21F2N5O. The number of rotatable bonds is 4. The average Bonchev–Trinajstić information content (AvgIpc) is 3.45. The van der Waals surface area contributed by atoms with Gasteiger partial charge in [-0.1, -0.05) is 18.2 Å². The van der Waals surface area contributed by atoms with E-state index in [0.717, 1.165) is 28.2 Å². The Morgan fingerprint density at radius 3 is 2.79 bits per heavy atom. The minimum atomic E-state index is -2.62. The molecule has 3 aliphatic rings. The first-order valence-electron chi connectivity index (χ1n) is 10.0. The Kier molecular flexibility index (Phi) is 3.62. The van der Waals surface area contributed by atoms with Crippen LogP contribution in [0.5, 0.6) is 5.75 Å². The Morgan fingerprint density at radius 2 is 2.00 bits per heavy atom. The molecule has 2 aliphatic heterocycles. The normalized spacial score (nSPS) is 25.9. The maximum Gasteiger partial charge on any atom is 0.272 e. The molecule has 2 fully saturated rings. The third-order valence-electron chi connectivity index (χ3n) is 6.14. The summed E-state index contributed by atoms with van der Waals surface area (Å²) in [5.74, 6) is -0.538. The van der Waals surface area contributed by atoms with Crippen molar-refractivity contribution in [3.63, 3.8) is 0 Å². The van der Waals surface area contributed by atoms with Crippen molar-refractivity contribution in [2.45, 2.75) is 36.8 Å². The van der Waals surface area contributed by atoms with Crippen molar-refractivity contribution in [3.8, 4) is 5.75 Å². The van der Waals surface area contributed by atoms with Crippen LogP contribution in [0, 0.1) is 0 Å². The van der Waals surface area contributed by atoms with Crippen molar-refractivity contribution >= 4 is 16.9 Å². The van der Waals surface area contributed by atoms with E-state index < -0.39 is 5.92 Å². The quantitative estimate of drug-likeness (QED) is 0.703.